The van der Waals surface area contributed by atoms with E-state index in [-0.39, 0.29) is 11.9 Å². The van der Waals surface area contributed by atoms with Crippen LogP contribution in [-0.4, -0.2) is 23.2 Å². The van der Waals surface area contributed by atoms with Crippen molar-refractivity contribution in [1.82, 2.24) is 5.32 Å². The van der Waals surface area contributed by atoms with E-state index in [2.05, 4.69) is 5.32 Å². The molecule has 2 aromatic rings. The highest BCUT2D eigenvalue weighted by Gasteiger charge is 2.20. The number of furan rings is 1. The molecule has 106 valence electrons. The summed E-state index contributed by atoms with van der Waals surface area (Å²) in [5, 5.41) is 12.9. The highest BCUT2D eigenvalue weighted by atomic mass is 16.3. The van der Waals surface area contributed by atoms with Crippen molar-refractivity contribution < 1.29 is 14.3 Å². The van der Waals surface area contributed by atoms with Crippen LogP contribution in [0.2, 0.25) is 0 Å². The van der Waals surface area contributed by atoms with Crippen molar-refractivity contribution in [3.8, 4) is 0 Å². The Kier molecular flexibility index (Phi) is 4.58. The van der Waals surface area contributed by atoms with Gasteiger partial charge in [0.15, 0.2) is 5.76 Å². The molecule has 0 bridgehead atoms. The molecule has 2 rings (SSSR count). The molecule has 0 radical (unpaired) electrons. The molecule has 0 aliphatic rings. The second kappa shape index (κ2) is 6.39. The summed E-state index contributed by atoms with van der Waals surface area (Å²) in [6.07, 6.45) is 1.34. The van der Waals surface area contributed by atoms with Gasteiger partial charge >= 0.3 is 0 Å². The quantitative estimate of drug-likeness (QED) is 0.878. The third-order valence-corrected chi connectivity index (χ3v) is 3.29. The second-order valence-electron chi connectivity index (χ2n) is 4.95. The summed E-state index contributed by atoms with van der Waals surface area (Å²) in [7, 11) is 0. The fourth-order valence-corrected chi connectivity index (χ4v) is 2.01. The summed E-state index contributed by atoms with van der Waals surface area (Å²) in [4.78, 5) is 12.0. The Labute approximate surface area is 118 Å². The van der Waals surface area contributed by atoms with Crippen LogP contribution in [0.3, 0.4) is 0 Å². The van der Waals surface area contributed by atoms with Gasteiger partial charge in [-0.15, -0.1) is 0 Å². The van der Waals surface area contributed by atoms with Crippen LogP contribution >= 0.6 is 0 Å². The van der Waals surface area contributed by atoms with E-state index in [1.54, 1.807) is 13.0 Å². The Morgan fingerprint density at radius 1 is 1.30 bits per heavy atom. The number of benzene rings is 1. The van der Waals surface area contributed by atoms with Gasteiger partial charge in [-0.2, -0.15) is 0 Å². The maximum atomic E-state index is 12.0. The molecule has 4 heteroatoms. The van der Waals surface area contributed by atoms with Crippen molar-refractivity contribution in [1.29, 1.82) is 0 Å². The predicted molar refractivity (Wildman–Crippen MR) is 76.5 cm³/mol. The lowest BCUT2D eigenvalue weighted by Crippen LogP contribution is -2.42. The maximum absolute atomic E-state index is 12.0. The summed E-state index contributed by atoms with van der Waals surface area (Å²) in [6.45, 7) is 3.59. The minimum absolute atomic E-state index is 0.295. The number of aliphatic hydroxyl groups excluding tert-OH is 1. The second-order valence-corrected chi connectivity index (χ2v) is 4.95. The molecule has 1 aromatic carbocycles. The molecule has 1 amide bonds. The minimum Gasteiger partial charge on any atom is -0.459 e. The van der Waals surface area contributed by atoms with Crippen LogP contribution in [0.1, 0.15) is 28.6 Å². The summed E-state index contributed by atoms with van der Waals surface area (Å²) >= 11 is 0. The van der Waals surface area contributed by atoms with E-state index < -0.39 is 6.10 Å². The number of carbonyl (C=O) groups is 1. The van der Waals surface area contributed by atoms with Gasteiger partial charge in [-0.1, -0.05) is 30.3 Å². The normalized spacial score (nSPS) is 13.8. The number of nitrogens with one attached hydrogen (secondary N) is 1. The van der Waals surface area contributed by atoms with Crippen molar-refractivity contribution >= 4 is 5.91 Å². The van der Waals surface area contributed by atoms with E-state index in [1.165, 1.54) is 6.26 Å². The van der Waals surface area contributed by atoms with Crippen LogP contribution in [0.15, 0.2) is 47.1 Å². The molecule has 0 aliphatic carbocycles. The molecule has 0 aliphatic heterocycles. The van der Waals surface area contributed by atoms with Crippen molar-refractivity contribution in [3.05, 3.63) is 59.5 Å². The zero-order valence-corrected chi connectivity index (χ0v) is 11.7. The van der Waals surface area contributed by atoms with Crippen molar-refractivity contribution in [2.24, 2.45) is 0 Å². The number of hydrogen-bond donors (Lipinski definition) is 2. The number of rotatable bonds is 5. The van der Waals surface area contributed by atoms with Gasteiger partial charge in [0.1, 0.15) is 0 Å². The van der Waals surface area contributed by atoms with Gasteiger partial charge in [0.05, 0.1) is 18.4 Å². The monoisotopic (exact) mass is 273 g/mol. The van der Waals surface area contributed by atoms with Crippen LogP contribution < -0.4 is 5.32 Å². The molecule has 0 saturated carbocycles. The van der Waals surface area contributed by atoms with E-state index in [1.807, 2.05) is 37.3 Å². The minimum atomic E-state index is -0.642. The summed E-state index contributed by atoms with van der Waals surface area (Å²) in [5.41, 5.74) is 1.82. The highest BCUT2D eigenvalue weighted by Crippen LogP contribution is 2.10. The number of aliphatic hydroxyl groups is 1. The first kappa shape index (κ1) is 14.3. The van der Waals surface area contributed by atoms with Gasteiger partial charge in [-0.05, 0) is 25.5 Å². The van der Waals surface area contributed by atoms with Crippen LogP contribution in [0.25, 0.3) is 0 Å². The first-order valence-corrected chi connectivity index (χ1v) is 6.65. The number of amides is 1. The fourth-order valence-electron chi connectivity index (χ4n) is 2.01. The third kappa shape index (κ3) is 3.48. The average Bonchev–Trinajstić information content (AvgIpc) is 2.86. The molecule has 1 aromatic heterocycles. The Morgan fingerprint density at radius 3 is 2.60 bits per heavy atom. The molecule has 0 spiro atoms. The molecule has 2 N–H and O–H groups in total. The van der Waals surface area contributed by atoms with E-state index >= 15 is 0 Å². The molecule has 1 heterocycles. The van der Waals surface area contributed by atoms with Crippen molar-refractivity contribution in [2.75, 3.05) is 0 Å². The smallest absolute Gasteiger partial charge is 0.287 e. The molecular formula is C16H19NO3. The first-order valence-electron chi connectivity index (χ1n) is 6.65. The highest BCUT2D eigenvalue weighted by molar-refractivity contribution is 5.92. The Balaban J connectivity index is 1.93. The van der Waals surface area contributed by atoms with Gasteiger partial charge in [-0.25, -0.2) is 0 Å². The zero-order chi connectivity index (χ0) is 14.5. The van der Waals surface area contributed by atoms with Gasteiger partial charge in [0.2, 0.25) is 0 Å². The van der Waals surface area contributed by atoms with Gasteiger partial charge in [-0.3, -0.25) is 4.79 Å². The SMILES string of the molecule is Cc1ccoc1C(=O)NC(C)C(O)Cc1ccccc1. The van der Waals surface area contributed by atoms with Crippen molar-refractivity contribution in [2.45, 2.75) is 32.4 Å². The molecular weight excluding hydrogens is 254 g/mol. The van der Waals surface area contributed by atoms with E-state index in [4.69, 9.17) is 4.42 Å². The topological polar surface area (TPSA) is 62.5 Å². The summed E-state index contributed by atoms with van der Waals surface area (Å²) in [5.74, 6) is -0.00382. The molecule has 0 fully saturated rings. The number of aryl methyl sites for hydroxylation is 1. The number of hydrogen-bond acceptors (Lipinski definition) is 3. The lowest BCUT2D eigenvalue weighted by molar-refractivity contribution is 0.0825. The first-order chi connectivity index (χ1) is 9.58. The van der Waals surface area contributed by atoms with Gasteiger partial charge in [0.25, 0.3) is 5.91 Å². The number of carbonyl (C=O) groups excluding carboxylic acids is 1. The molecule has 2 atom stereocenters. The standard InChI is InChI=1S/C16H19NO3/c1-11-8-9-20-15(11)16(19)17-12(2)14(18)10-13-6-4-3-5-7-13/h3-9,12,14,18H,10H2,1-2H3,(H,17,19). The summed E-state index contributed by atoms with van der Waals surface area (Å²) < 4.78 is 5.13. The van der Waals surface area contributed by atoms with Crippen molar-refractivity contribution in [3.63, 3.8) is 0 Å². The fraction of sp³-hybridized carbons (Fsp3) is 0.312. The lowest BCUT2D eigenvalue weighted by atomic mass is 10.0. The molecule has 4 nitrogen and oxygen atoms in total. The van der Waals surface area contributed by atoms with E-state index in [9.17, 15) is 9.90 Å². The van der Waals surface area contributed by atoms with E-state index in [0.29, 0.717) is 12.2 Å². The van der Waals surface area contributed by atoms with Crippen LogP contribution in [0, 0.1) is 6.92 Å². The van der Waals surface area contributed by atoms with Gasteiger partial charge in [0, 0.05) is 12.0 Å². The van der Waals surface area contributed by atoms with Gasteiger partial charge < -0.3 is 14.8 Å². The Morgan fingerprint density at radius 2 is 2.00 bits per heavy atom. The Bertz CT molecular complexity index is 562. The molecule has 20 heavy (non-hydrogen) atoms. The zero-order valence-electron chi connectivity index (χ0n) is 11.7. The van der Waals surface area contributed by atoms with E-state index in [0.717, 1.165) is 11.1 Å². The van der Waals surface area contributed by atoms with Crippen LogP contribution in [0.4, 0.5) is 0 Å². The molecule has 2 unspecified atom stereocenters. The maximum Gasteiger partial charge on any atom is 0.287 e. The summed E-state index contributed by atoms with van der Waals surface area (Å²) in [6, 6.07) is 11.1. The largest absolute Gasteiger partial charge is 0.459 e. The Hall–Kier alpha value is -2.07. The molecule has 0 saturated heterocycles. The lowest BCUT2D eigenvalue weighted by Gasteiger charge is -2.20. The average molecular weight is 273 g/mol. The predicted octanol–water partition coefficient (Wildman–Crippen LogP) is 2.31. The van der Waals surface area contributed by atoms with Crippen LogP contribution in [0.5, 0.6) is 0 Å². The van der Waals surface area contributed by atoms with Crippen LogP contribution in [-0.2, 0) is 6.42 Å². The third-order valence-electron chi connectivity index (χ3n) is 3.29.